The maximum absolute atomic E-state index is 11.3. The molecular formula is C13H18N2O. The number of amides is 2. The van der Waals surface area contributed by atoms with Crippen LogP contribution in [0.2, 0.25) is 0 Å². The van der Waals surface area contributed by atoms with Crippen molar-refractivity contribution in [1.82, 2.24) is 4.90 Å². The first kappa shape index (κ1) is 11.0. The topological polar surface area (TPSA) is 46.3 Å². The van der Waals surface area contributed by atoms with Crippen LogP contribution in [-0.2, 0) is 6.42 Å². The molecule has 2 rings (SSSR count). The summed E-state index contributed by atoms with van der Waals surface area (Å²) in [6.45, 7) is 0.812. The molecule has 86 valence electrons. The Balaban J connectivity index is 2.04. The first-order valence-corrected chi connectivity index (χ1v) is 5.87. The Labute approximate surface area is 96.2 Å². The van der Waals surface area contributed by atoms with E-state index in [1.807, 2.05) is 23.1 Å². The van der Waals surface area contributed by atoms with Crippen molar-refractivity contribution < 1.29 is 4.79 Å². The van der Waals surface area contributed by atoms with Gasteiger partial charge in [0.2, 0.25) is 0 Å². The van der Waals surface area contributed by atoms with Gasteiger partial charge in [-0.2, -0.15) is 0 Å². The summed E-state index contributed by atoms with van der Waals surface area (Å²) < 4.78 is 0. The van der Waals surface area contributed by atoms with Gasteiger partial charge in [0.25, 0.3) is 0 Å². The Bertz CT molecular complexity index is 350. The van der Waals surface area contributed by atoms with Gasteiger partial charge in [0.15, 0.2) is 0 Å². The molecule has 1 aromatic carbocycles. The molecule has 0 bridgehead atoms. The third-order valence-corrected chi connectivity index (χ3v) is 3.22. The number of benzene rings is 1. The third-order valence-electron chi connectivity index (χ3n) is 3.22. The van der Waals surface area contributed by atoms with Crippen LogP contribution in [0.1, 0.15) is 24.8 Å². The minimum absolute atomic E-state index is 0.277. The zero-order valence-electron chi connectivity index (χ0n) is 9.43. The molecule has 1 fully saturated rings. The summed E-state index contributed by atoms with van der Waals surface area (Å²) in [5.74, 6) is 0. The van der Waals surface area contributed by atoms with Crippen LogP contribution in [0.15, 0.2) is 30.3 Å². The van der Waals surface area contributed by atoms with Crippen molar-refractivity contribution >= 4 is 6.03 Å². The van der Waals surface area contributed by atoms with Crippen molar-refractivity contribution in [2.45, 2.75) is 31.7 Å². The summed E-state index contributed by atoms with van der Waals surface area (Å²) in [4.78, 5) is 13.1. The van der Waals surface area contributed by atoms with E-state index >= 15 is 0 Å². The number of carbonyl (C=O) groups excluding carboxylic acids is 1. The van der Waals surface area contributed by atoms with E-state index in [9.17, 15) is 4.79 Å². The number of nitrogens with zero attached hydrogens (tertiary/aromatic N) is 1. The standard InChI is InChI=1S/C13H18N2O/c14-13(16)15-9-5-4-8-12(15)10-11-6-2-1-3-7-11/h1-3,6-7,12H,4-5,8-10H2,(H2,14,16). The van der Waals surface area contributed by atoms with E-state index in [1.54, 1.807) is 0 Å². The van der Waals surface area contributed by atoms with Gasteiger partial charge in [0.1, 0.15) is 0 Å². The predicted octanol–water partition coefficient (Wildman–Crippen LogP) is 2.16. The van der Waals surface area contributed by atoms with Gasteiger partial charge in [-0.25, -0.2) is 4.79 Å². The Hall–Kier alpha value is -1.51. The second-order valence-corrected chi connectivity index (χ2v) is 4.37. The number of likely N-dealkylation sites (tertiary alicyclic amines) is 1. The number of carbonyl (C=O) groups is 1. The highest BCUT2D eigenvalue weighted by atomic mass is 16.2. The van der Waals surface area contributed by atoms with Crippen LogP contribution in [-0.4, -0.2) is 23.5 Å². The van der Waals surface area contributed by atoms with Crippen molar-refractivity contribution in [3.05, 3.63) is 35.9 Å². The Morgan fingerprint density at radius 3 is 2.75 bits per heavy atom. The van der Waals surface area contributed by atoms with Crippen LogP contribution in [0.4, 0.5) is 4.79 Å². The number of nitrogens with two attached hydrogens (primary N) is 1. The normalized spacial score (nSPS) is 20.8. The fourth-order valence-corrected chi connectivity index (χ4v) is 2.39. The Morgan fingerprint density at radius 2 is 2.06 bits per heavy atom. The van der Waals surface area contributed by atoms with Gasteiger partial charge in [-0.1, -0.05) is 30.3 Å². The third kappa shape index (κ3) is 2.54. The van der Waals surface area contributed by atoms with Crippen LogP contribution >= 0.6 is 0 Å². The van der Waals surface area contributed by atoms with Gasteiger partial charge < -0.3 is 10.6 Å². The highest BCUT2D eigenvalue weighted by Gasteiger charge is 2.24. The lowest BCUT2D eigenvalue weighted by molar-refractivity contribution is 0.159. The van der Waals surface area contributed by atoms with Gasteiger partial charge in [-0.05, 0) is 31.2 Å². The van der Waals surface area contributed by atoms with E-state index in [0.717, 1.165) is 25.8 Å². The zero-order chi connectivity index (χ0) is 11.4. The van der Waals surface area contributed by atoms with Gasteiger partial charge in [-0.3, -0.25) is 0 Å². The fraction of sp³-hybridized carbons (Fsp3) is 0.462. The lowest BCUT2D eigenvalue weighted by Gasteiger charge is -2.34. The molecule has 1 aromatic rings. The first-order chi connectivity index (χ1) is 7.77. The molecule has 1 aliphatic rings. The summed E-state index contributed by atoms with van der Waals surface area (Å²) >= 11 is 0. The smallest absolute Gasteiger partial charge is 0.315 e. The lowest BCUT2D eigenvalue weighted by atomic mass is 9.96. The van der Waals surface area contributed by atoms with E-state index in [-0.39, 0.29) is 12.1 Å². The molecular weight excluding hydrogens is 200 g/mol. The number of hydrogen-bond acceptors (Lipinski definition) is 1. The molecule has 2 N–H and O–H groups in total. The van der Waals surface area contributed by atoms with Gasteiger partial charge in [-0.15, -0.1) is 0 Å². The number of urea groups is 1. The fourth-order valence-electron chi connectivity index (χ4n) is 2.39. The maximum atomic E-state index is 11.3. The predicted molar refractivity (Wildman–Crippen MR) is 64.1 cm³/mol. The summed E-state index contributed by atoms with van der Waals surface area (Å²) in [5, 5.41) is 0. The molecule has 0 radical (unpaired) electrons. The zero-order valence-corrected chi connectivity index (χ0v) is 9.43. The molecule has 1 saturated heterocycles. The number of primary amides is 1. The maximum Gasteiger partial charge on any atom is 0.315 e. The second-order valence-electron chi connectivity index (χ2n) is 4.37. The van der Waals surface area contributed by atoms with Crippen LogP contribution in [0.5, 0.6) is 0 Å². The van der Waals surface area contributed by atoms with Crippen LogP contribution in [0, 0.1) is 0 Å². The number of hydrogen-bond donors (Lipinski definition) is 1. The molecule has 16 heavy (non-hydrogen) atoms. The summed E-state index contributed by atoms with van der Waals surface area (Å²) in [7, 11) is 0. The number of rotatable bonds is 2. The van der Waals surface area contributed by atoms with Gasteiger partial charge in [0, 0.05) is 12.6 Å². The minimum Gasteiger partial charge on any atom is -0.351 e. The molecule has 0 aliphatic carbocycles. The average molecular weight is 218 g/mol. The van der Waals surface area contributed by atoms with Gasteiger partial charge >= 0.3 is 6.03 Å². The van der Waals surface area contributed by atoms with Crippen molar-refractivity contribution in [1.29, 1.82) is 0 Å². The molecule has 2 amide bonds. The molecule has 3 heteroatoms. The molecule has 0 saturated carbocycles. The van der Waals surface area contributed by atoms with Crippen molar-refractivity contribution in [3.8, 4) is 0 Å². The lowest BCUT2D eigenvalue weighted by Crippen LogP contribution is -2.47. The van der Waals surface area contributed by atoms with E-state index in [1.165, 1.54) is 12.0 Å². The quantitative estimate of drug-likeness (QED) is 0.812. The van der Waals surface area contributed by atoms with E-state index in [4.69, 9.17) is 5.73 Å². The number of piperidine rings is 1. The summed E-state index contributed by atoms with van der Waals surface area (Å²) in [6, 6.07) is 10.3. The molecule has 1 heterocycles. The highest BCUT2D eigenvalue weighted by Crippen LogP contribution is 2.20. The van der Waals surface area contributed by atoms with Crippen molar-refractivity contribution in [2.24, 2.45) is 5.73 Å². The first-order valence-electron chi connectivity index (χ1n) is 5.87. The van der Waals surface area contributed by atoms with Crippen LogP contribution in [0.25, 0.3) is 0 Å². The van der Waals surface area contributed by atoms with Crippen molar-refractivity contribution in [2.75, 3.05) is 6.54 Å². The molecule has 3 nitrogen and oxygen atoms in total. The molecule has 0 spiro atoms. The molecule has 1 unspecified atom stereocenters. The summed E-state index contributed by atoms with van der Waals surface area (Å²) in [6.07, 6.45) is 4.26. The largest absolute Gasteiger partial charge is 0.351 e. The second kappa shape index (κ2) is 5.01. The molecule has 0 aromatic heterocycles. The molecule has 1 atom stereocenters. The molecule has 1 aliphatic heterocycles. The highest BCUT2D eigenvalue weighted by molar-refractivity contribution is 5.72. The SMILES string of the molecule is NC(=O)N1CCCCC1Cc1ccccc1. The van der Waals surface area contributed by atoms with Crippen LogP contribution < -0.4 is 5.73 Å². The van der Waals surface area contributed by atoms with Crippen molar-refractivity contribution in [3.63, 3.8) is 0 Å². The van der Waals surface area contributed by atoms with Gasteiger partial charge in [0.05, 0.1) is 0 Å². The Kier molecular flexibility index (Phi) is 3.44. The average Bonchev–Trinajstić information content (AvgIpc) is 2.31. The Morgan fingerprint density at radius 1 is 1.31 bits per heavy atom. The monoisotopic (exact) mass is 218 g/mol. The summed E-state index contributed by atoms with van der Waals surface area (Å²) in [5.41, 5.74) is 6.68. The van der Waals surface area contributed by atoms with E-state index in [0.29, 0.717) is 0 Å². The van der Waals surface area contributed by atoms with E-state index in [2.05, 4.69) is 12.1 Å². The minimum atomic E-state index is -0.277. The van der Waals surface area contributed by atoms with Crippen LogP contribution in [0.3, 0.4) is 0 Å². The van der Waals surface area contributed by atoms with E-state index < -0.39 is 0 Å².